The molecule has 1 aromatic rings. The maximum absolute atomic E-state index is 12.5. The minimum atomic E-state index is -0.0873. The van der Waals surface area contributed by atoms with Crippen LogP contribution in [-0.4, -0.2) is 35.1 Å². The smallest absolute Gasteiger partial charge is 0.253 e. The van der Waals surface area contributed by atoms with E-state index in [9.17, 15) is 9.59 Å². The second-order valence-corrected chi connectivity index (χ2v) is 6.58. The van der Waals surface area contributed by atoms with E-state index in [0.29, 0.717) is 12.1 Å². The van der Waals surface area contributed by atoms with E-state index in [1.165, 1.54) is 11.8 Å². The van der Waals surface area contributed by atoms with E-state index in [4.69, 9.17) is 0 Å². The molecule has 2 amide bonds. The zero-order valence-electron chi connectivity index (χ0n) is 12.8. The molecule has 21 heavy (non-hydrogen) atoms. The number of carbonyl (C=O) groups is 2. The van der Waals surface area contributed by atoms with Crippen molar-refractivity contribution in [2.75, 3.05) is 18.4 Å². The average molecular weight is 306 g/mol. The zero-order valence-corrected chi connectivity index (χ0v) is 13.6. The third-order valence-corrected chi connectivity index (χ3v) is 4.79. The van der Waals surface area contributed by atoms with Gasteiger partial charge in [0.1, 0.15) is 0 Å². The molecule has 114 valence electrons. The van der Waals surface area contributed by atoms with Crippen LogP contribution in [0.4, 0.5) is 5.69 Å². The summed E-state index contributed by atoms with van der Waals surface area (Å²) >= 11 is 1.53. The number of carbonyl (C=O) groups excluding carboxylic acids is 2. The Kier molecular flexibility index (Phi) is 5.28. The van der Waals surface area contributed by atoms with Gasteiger partial charge in [-0.3, -0.25) is 9.59 Å². The number of nitrogens with one attached hydrogen (secondary N) is 1. The Morgan fingerprint density at radius 3 is 2.81 bits per heavy atom. The minimum absolute atomic E-state index is 0.00423. The molecule has 1 N–H and O–H groups in total. The van der Waals surface area contributed by atoms with E-state index in [0.717, 1.165) is 30.0 Å². The lowest BCUT2D eigenvalue weighted by Gasteiger charge is -2.24. The van der Waals surface area contributed by atoms with Gasteiger partial charge in [-0.2, -0.15) is 0 Å². The van der Waals surface area contributed by atoms with Gasteiger partial charge < -0.3 is 10.2 Å². The number of unbranched alkanes of at least 4 members (excludes halogenated alkanes) is 1. The van der Waals surface area contributed by atoms with Gasteiger partial charge >= 0.3 is 0 Å². The Bertz CT molecular complexity index is 545. The molecule has 0 saturated heterocycles. The summed E-state index contributed by atoms with van der Waals surface area (Å²) < 4.78 is 0. The highest BCUT2D eigenvalue weighted by molar-refractivity contribution is 8.00. The van der Waals surface area contributed by atoms with Crippen LogP contribution in [0.1, 0.15) is 44.0 Å². The van der Waals surface area contributed by atoms with Crippen molar-refractivity contribution in [3.05, 3.63) is 23.8 Å². The van der Waals surface area contributed by atoms with Crippen LogP contribution in [0.3, 0.4) is 0 Å². The molecule has 4 nitrogen and oxygen atoms in total. The van der Waals surface area contributed by atoms with Crippen LogP contribution in [0.15, 0.2) is 23.1 Å². The first kappa shape index (κ1) is 15.9. The van der Waals surface area contributed by atoms with Gasteiger partial charge in [0.2, 0.25) is 5.91 Å². The summed E-state index contributed by atoms with van der Waals surface area (Å²) in [5.41, 5.74) is 1.39. The van der Waals surface area contributed by atoms with Crippen molar-refractivity contribution in [1.29, 1.82) is 0 Å². The van der Waals surface area contributed by atoms with E-state index in [2.05, 4.69) is 12.2 Å². The predicted molar refractivity (Wildman–Crippen MR) is 86.9 cm³/mol. The summed E-state index contributed by atoms with van der Waals surface area (Å²) in [6, 6.07) is 5.58. The molecule has 1 heterocycles. The van der Waals surface area contributed by atoms with Crippen molar-refractivity contribution in [2.45, 2.75) is 43.8 Å². The number of hydrogen-bond acceptors (Lipinski definition) is 3. The lowest BCUT2D eigenvalue weighted by molar-refractivity contribution is -0.115. The highest BCUT2D eigenvalue weighted by Crippen LogP contribution is 2.36. The maximum Gasteiger partial charge on any atom is 0.253 e. The topological polar surface area (TPSA) is 49.4 Å². The Labute approximate surface area is 130 Å². The quantitative estimate of drug-likeness (QED) is 0.907. The van der Waals surface area contributed by atoms with Crippen LogP contribution in [0.5, 0.6) is 0 Å². The van der Waals surface area contributed by atoms with Crippen LogP contribution in [0.2, 0.25) is 0 Å². The standard InChI is InChI=1S/C16H22N2O2S/c1-4-6-9-18(5-2)16(20)12-7-8-14-13(10-12)17-15(19)11(3)21-14/h7-8,10-11H,4-6,9H2,1-3H3,(H,17,19). The van der Waals surface area contributed by atoms with Crippen LogP contribution in [-0.2, 0) is 4.79 Å². The van der Waals surface area contributed by atoms with Crippen LogP contribution < -0.4 is 5.32 Å². The summed E-state index contributed by atoms with van der Waals surface area (Å²) in [5, 5.41) is 2.79. The van der Waals surface area contributed by atoms with Gasteiger partial charge in [0.15, 0.2) is 0 Å². The molecule has 0 saturated carbocycles. The summed E-state index contributed by atoms with van der Waals surface area (Å²) in [6.45, 7) is 7.47. The van der Waals surface area contributed by atoms with Crippen molar-refractivity contribution in [1.82, 2.24) is 4.90 Å². The number of benzene rings is 1. The molecule has 1 aromatic carbocycles. The number of fused-ring (bicyclic) bond motifs is 1. The number of amides is 2. The molecule has 5 heteroatoms. The molecule has 0 aliphatic carbocycles. The molecule has 0 radical (unpaired) electrons. The van der Waals surface area contributed by atoms with Crippen molar-refractivity contribution >= 4 is 29.3 Å². The Morgan fingerprint density at radius 2 is 2.14 bits per heavy atom. The van der Waals surface area contributed by atoms with E-state index in [1.54, 1.807) is 6.07 Å². The summed E-state index contributed by atoms with van der Waals surface area (Å²) in [7, 11) is 0. The van der Waals surface area contributed by atoms with E-state index in [1.807, 2.05) is 30.9 Å². The Balaban J connectivity index is 2.19. The summed E-state index contributed by atoms with van der Waals surface area (Å²) in [4.78, 5) is 27.1. The SMILES string of the molecule is CCCCN(CC)C(=O)c1ccc2c(c1)NC(=O)C(C)S2. The van der Waals surface area contributed by atoms with Gasteiger partial charge in [-0.15, -0.1) is 11.8 Å². The fourth-order valence-corrected chi connectivity index (χ4v) is 3.21. The maximum atomic E-state index is 12.5. The van der Waals surface area contributed by atoms with Gasteiger partial charge in [-0.1, -0.05) is 13.3 Å². The fraction of sp³-hybridized carbons (Fsp3) is 0.500. The second-order valence-electron chi connectivity index (χ2n) is 5.20. The predicted octanol–water partition coefficient (Wildman–Crippen LogP) is 3.38. The summed E-state index contributed by atoms with van der Waals surface area (Å²) in [5.74, 6) is 0.0297. The molecular weight excluding hydrogens is 284 g/mol. The van der Waals surface area contributed by atoms with Crippen LogP contribution in [0.25, 0.3) is 0 Å². The van der Waals surface area contributed by atoms with E-state index < -0.39 is 0 Å². The van der Waals surface area contributed by atoms with Gasteiger partial charge in [-0.25, -0.2) is 0 Å². The average Bonchev–Trinajstić information content (AvgIpc) is 2.48. The molecule has 2 rings (SSSR count). The van der Waals surface area contributed by atoms with Crippen LogP contribution >= 0.6 is 11.8 Å². The molecule has 0 bridgehead atoms. The molecule has 1 atom stereocenters. The number of rotatable bonds is 5. The Morgan fingerprint density at radius 1 is 1.38 bits per heavy atom. The Hall–Kier alpha value is -1.49. The van der Waals surface area contributed by atoms with Crippen molar-refractivity contribution < 1.29 is 9.59 Å². The second kappa shape index (κ2) is 6.98. The summed E-state index contributed by atoms with van der Waals surface area (Å²) in [6.07, 6.45) is 2.08. The van der Waals surface area contributed by atoms with Gasteiger partial charge in [0, 0.05) is 23.5 Å². The highest BCUT2D eigenvalue weighted by Gasteiger charge is 2.24. The number of nitrogens with zero attached hydrogens (tertiary/aromatic N) is 1. The molecule has 0 fully saturated rings. The first-order chi connectivity index (χ1) is 10.1. The van der Waals surface area contributed by atoms with Crippen molar-refractivity contribution in [3.8, 4) is 0 Å². The first-order valence-electron chi connectivity index (χ1n) is 7.47. The monoisotopic (exact) mass is 306 g/mol. The lowest BCUT2D eigenvalue weighted by Crippen LogP contribution is -2.32. The number of thioether (sulfide) groups is 1. The van der Waals surface area contributed by atoms with Gasteiger partial charge in [-0.05, 0) is 38.5 Å². The third-order valence-electron chi connectivity index (χ3n) is 3.61. The molecule has 1 aliphatic rings. The van der Waals surface area contributed by atoms with Crippen molar-refractivity contribution in [2.24, 2.45) is 0 Å². The zero-order chi connectivity index (χ0) is 15.4. The number of hydrogen-bond donors (Lipinski definition) is 1. The first-order valence-corrected chi connectivity index (χ1v) is 8.35. The largest absolute Gasteiger partial charge is 0.339 e. The van der Waals surface area contributed by atoms with Crippen LogP contribution in [0, 0.1) is 0 Å². The molecular formula is C16H22N2O2S. The molecule has 1 aliphatic heterocycles. The lowest BCUT2D eigenvalue weighted by atomic mass is 10.1. The van der Waals surface area contributed by atoms with Gasteiger partial charge in [0.05, 0.1) is 10.9 Å². The minimum Gasteiger partial charge on any atom is -0.339 e. The van der Waals surface area contributed by atoms with E-state index in [-0.39, 0.29) is 17.1 Å². The van der Waals surface area contributed by atoms with Gasteiger partial charge in [0.25, 0.3) is 5.91 Å². The molecule has 0 aromatic heterocycles. The normalized spacial score (nSPS) is 17.1. The van der Waals surface area contributed by atoms with E-state index >= 15 is 0 Å². The highest BCUT2D eigenvalue weighted by atomic mass is 32.2. The van der Waals surface area contributed by atoms with Crippen molar-refractivity contribution in [3.63, 3.8) is 0 Å². The third kappa shape index (κ3) is 3.59. The number of anilines is 1. The molecule has 0 spiro atoms. The molecule has 1 unspecified atom stereocenters. The fourth-order valence-electron chi connectivity index (χ4n) is 2.28.